The molecule has 1 amide bonds. The Hall–Kier alpha value is -2.12. The van der Waals surface area contributed by atoms with E-state index in [2.05, 4.69) is 5.32 Å². The zero-order valence-electron chi connectivity index (χ0n) is 13.3. The van der Waals surface area contributed by atoms with Crippen molar-refractivity contribution in [1.82, 2.24) is 0 Å². The van der Waals surface area contributed by atoms with Crippen LogP contribution in [0.4, 0.5) is 15.8 Å². The standard InChI is InChI=1S/C16H16ClFN2O3S/c1-10-8-11(4-7-15(10)20(2)24(3,22)23)16(21)19-12-5-6-14(18)13(17)9-12/h4-9H,1-3H3,(H,19,21). The number of nitrogens with zero attached hydrogens (tertiary/aromatic N) is 1. The Morgan fingerprint density at radius 1 is 1.21 bits per heavy atom. The van der Waals surface area contributed by atoms with Crippen LogP contribution in [0.5, 0.6) is 0 Å². The molecule has 0 saturated carbocycles. The minimum Gasteiger partial charge on any atom is -0.322 e. The molecule has 0 fully saturated rings. The summed E-state index contributed by atoms with van der Waals surface area (Å²) in [7, 11) is -1.94. The van der Waals surface area contributed by atoms with E-state index in [9.17, 15) is 17.6 Å². The van der Waals surface area contributed by atoms with Crippen molar-refractivity contribution in [3.8, 4) is 0 Å². The van der Waals surface area contributed by atoms with Crippen LogP contribution in [0.1, 0.15) is 15.9 Å². The molecule has 0 radical (unpaired) electrons. The summed E-state index contributed by atoms with van der Waals surface area (Å²) in [5, 5.41) is 2.52. The number of hydrogen-bond acceptors (Lipinski definition) is 3. The molecule has 128 valence electrons. The monoisotopic (exact) mass is 370 g/mol. The lowest BCUT2D eigenvalue weighted by atomic mass is 10.1. The van der Waals surface area contributed by atoms with Gasteiger partial charge in [0.15, 0.2) is 0 Å². The Morgan fingerprint density at radius 2 is 1.88 bits per heavy atom. The number of amides is 1. The molecule has 0 saturated heterocycles. The van der Waals surface area contributed by atoms with Crippen molar-refractivity contribution in [3.05, 3.63) is 58.4 Å². The van der Waals surface area contributed by atoms with E-state index in [1.165, 1.54) is 25.2 Å². The number of rotatable bonds is 4. The molecule has 5 nitrogen and oxygen atoms in total. The molecule has 2 aromatic rings. The van der Waals surface area contributed by atoms with E-state index in [0.29, 0.717) is 22.5 Å². The van der Waals surface area contributed by atoms with Crippen molar-refractivity contribution < 1.29 is 17.6 Å². The van der Waals surface area contributed by atoms with Gasteiger partial charge in [-0.25, -0.2) is 12.8 Å². The predicted octanol–water partition coefficient (Wildman–Crippen LogP) is 3.44. The molecule has 0 bridgehead atoms. The molecule has 0 aliphatic rings. The number of anilines is 2. The topological polar surface area (TPSA) is 66.5 Å². The fraction of sp³-hybridized carbons (Fsp3) is 0.188. The first-order valence-corrected chi connectivity index (χ1v) is 9.13. The lowest BCUT2D eigenvalue weighted by molar-refractivity contribution is 0.102. The van der Waals surface area contributed by atoms with Gasteiger partial charge in [-0.2, -0.15) is 0 Å². The lowest BCUT2D eigenvalue weighted by Gasteiger charge is -2.19. The van der Waals surface area contributed by atoms with Gasteiger partial charge in [-0.15, -0.1) is 0 Å². The Morgan fingerprint density at radius 3 is 2.42 bits per heavy atom. The SMILES string of the molecule is Cc1cc(C(=O)Nc2ccc(F)c(Cl)c2)ccc1N(C)S(C)(=O)=O. The maximum absolute atomic E-state index is 13.1. The molecule has 2 rings (SSSR count). The molecule has 0 heterocycles. The Labute approximate surface area is 145 Å². The maximum atomic E-state index is 13.1. The van der Waals surface area contributed by atoms with E-state index in [0.717, 1.165) is 16.6 Å². The van der Waals surface area contributed by atoms with Gasteiger partial charge in [0, 0.05) is 18.3 Å². The number of nitrogens with one attached hydrogen (secondary N) is 1. The highest BCUT2D eigenvalue weighted by Crippen LogP contribution is 2.24. The summed E-state index contributed by atoms with van der Waals surface area (Å²) in [6.45, 7) is 1.71. The third-order valence-electron chi connectivity index (χ3n) is 3.47. The minimum atomic E-state index is -3.39. The van der Waals surface area contributed by atoms with Gasteiger partial charge in [-0.05, 0) is 48.9 Å². The van der Waals surface area contributed by atoms with Crippen molar-refractivity contribution >= 4 is 38.9 Å². The van der Waals surface area contributed by atoms with E-state index >= 15 is 0 Å². The average molecular weight is 371 g/mol. The number of aryl methyl sites for hydroxylation is 1. The molecule has 1 N–H and O–H groups in total. The van der Waals surface area contributed by atoms with Gasteiger partial charge >= 0.3 is 0 Å². The molecule has 0 atom stereocenters. The molecule has 0 aliphatic heterocycles. The quantitative estimate of drug-likeness (QED) is 0.896. The number of carbonyl (C=O) groups excluding carboxylic acids is 1. The van der Waals surface area contributed by atoms with Crippen molar-refractivity contribution in [2.75, 3.05) is 22.9 Å². The third kappa shape index (κ3) is 4.04. The molecular weight excluding hydrogens is 355 g/mol. The summed E-state index contributed by atoms with van der Waals surface area (Å²) in [6.07, 6.45) is 1.10. The van der Waals surface area contributed by atoms with Gasteiger partial charge in [-0.3, -0.25) is 9.10 Å². The van der Waals surface area contributed by atoms with Gasteiger partial charge in [0.1, 0.15) is 5.82 Å². The van der Waals surface area contributed by atoms with Gasteiger partial charge in [0.25, 0.3) is 5.91 Å². The summed E-state index contributed by atoms with van der Waals surface area (Å²) in [5.74, 6) is -0.979. The first kappa shape index (κ1) is 18.2. The second-order valence-electron chi connectivity index (χ2n) is 5.31. The van der Waals surface area contributed by atoms with E-state index < -0.39 is 21.7 Å². The highest BCUT2D eigenvalue weighted by molar-refractivity contribution is 7.92. The van der Waals surface area contributed by atoms with Crippen LogP contribution >= 0.6 is 11.6 Å². The Bertz CT molecular complexity index is 900. The van der Waals surface area contributed by atoms with Gasteiger partial charge in [-0.1, -0.05) is 11.6 Å². The van der Waals surface area contributed by atoms with E-state index in [1.807, 2.05) is 0 Å². The number of carbonyl (C=O) groups is 1. The Balaban J connectivity index is 2.25. The molecule has 24 heavy (non-hydrogen) atoms. The number of benzene rings is 2. The van der Waals surface area contributed by atoms with Gasteiger partial charge < -0.3 is 5.32 Å². The minimum absolute atomic E-state index is 0.0888. The predicted molar refractivity (Wildman–Crippen MR) is 93.8 cm³/mol. The molecule has 0 aromatic heterocycles. The highest BCUT2D eigenvalue weighted by atomic mass is 35.5. The molecule has 0 spiro atoms. The number of hydrogen-bond donors (Lipinski definition) is 1. The molecule has 0 unspecified atom stereocenters. The van der Waals surface area contributed by atoms with Crippen LogP contribution in [0, 0.1) is 12.7 Å². The summed E-state index contributed by atoms with van der Waals surface area (Å²) in [5.41, 5.74) is 1.83. The maximum Gasteiger partial charge on any atom is 0.255 e. The molecular formula is C16H16ClFN2O3S. The van der Waals surface area contributed by atoms with E-state index in [-0.39, 0.29) is 5.02 Å². The van der Waals surface area contributed by atoms with Crippen LogP contribution in [-0.2, 0) is 10.0 Å². The van der Waals surface area contributed by atoms with Crippen molar-refractivity contribution in [2.45, 2.75) is 6.92 Å². The largest absolute Gasteiger partial charge is 0.322 e. The zero-order valence-corrected chi connectivity index (χ0v) is 14.9. The van der Waals surface area contributed by atoms with Crippen molar-refractivity contribution in [3.63, 3.8) is 0 Å². The molecule has 8 heteroatoms. The zero-order chi connectivity index (χ0) is 18.1. The van der Waals surface area contributed by atoms with Gasteiger partial charge in [0.05, 0.1) is 17.0 Å². The number of sulfonamides is 1. The van der Waals surface area contributed by atoms with Crippen LogP contribution < -0.4 is 9.62 Å². The first-order valence-electron chi connectivity index (χ1n) is 6.90. The fourth-order valence-electron chi connectivity index (χ4n) is 2.11. The van der Waals surface area contributed by atoms with Gasteiger partial charge in [0.2, 0.25) is 10.0 Å². The normalized spacial score (nSPS) is 11.2. The number of halogens is 2. The third-order valence-corrected chi connectivity index (χ3v) is 4.95. The summed E-state index contributed by atoms with van der Waals surface area (Å²) in [4.78, 5) is 12.3. The van der Waals surface area contributed by atoms with Crippen LogP contribution in [0.2, 0.25) is 5.02 Å². The second kappa shape index (κ2) is 6.78. The fourth-order valence-corrected chi connectivity index (χ4v) is 2.85. The van der Waals surface area contributed by atoms with E-state index in [1.54, 1.807) is 19.1 Å². The van der Waals surface area contributed by atoms with Crippen LogP contribution in [0.25, 0.3) is 0 Å². The average Bonchev–Trinajstić information content (AvgIpc) is 2.49. The summed E-state index contributed by atoms with van der Waals surface area (Å²) in [6, 6.07) is 8.53. The van der Waals surface area contributed by atoms with E-state index in [4.69, 9.17) is 11.6 Å². The lowest BCUT2D eigenvalue weighted by Crippen LogP contribution is -2.25. The van der Waals surface area contributed by atoms with Crippen LogP contribution in [0.3, 0.4) is 0 Å². The Kier molecular flexibility index (Phi) is 5.15. The summed E-state index contributed by atoms with van der Waals surface area (Å²) >= 11 is 5.68. The highest BCUT2D eigenvalue weighted by Gasteiger charge is 2.16. The smallest absolute Gasteiger partial charge is 0.255 e. The second-order valence-corrected chi connectivity index (χ2v) is 7.74. The van der Waals surface area contributed by atoms with Crippen LogP contribution in [0.15, 0.2) is 36.4 Å². The first-order chi connectivity index (χ1) is 11.1. The van der Waals surface area contributed by atoms with Crippen LogP contribution in [-0.4, -0.2) is 27.6 Å². The van der Waals surface area contributed by atoms with Crippen molar-refractivity contribution in [2.24, 2.45) is 0 Å². The molecule has 0 aliphatic carbocycles. The van der Waals surface area contributed by atoms with Crippen molar-refractivity contribution in [1.29, 1.82) is 0 Å². The summed E-state index contributed by atoms with van der Waals surface area (Å²) < 4.78 is 37.5. The molecule has 2 aromatic carbocycles.